The first-order valence-electron chi connectivity index (χ1n) is 7.73. The molecule has 0 aromatic rings. The number of likely N-dealkylation sites (tertiary alicyclic amines) is 1. The molecule has 0 aromatic carbocycles. The Bertz CT molecular complexity index is 462. The van der Waals surface area contributed by atoms with Gasteiger partial charge in [-0.1, -0.05) is 0 Å². The fourth-order valence-corrected chi connectivity index (χ4v) is 2.45. The van der Waals surface area contributed by atoms with E-state index in [4.69, 9.17) is 16.6 Å². The molecule has 0 spiro atoms. The van der Waals surface area contributed by atoms with Crippen molar-refractivity contribution in [2.24, 2.45) is 22.4 Å². The molecule has 2 amide bonds. The Balaban J connectivity index is 2.35. The van der Waals surface area contributed by atoms with Crippen molar-refractivity contribution in [3.63, 3.8) is 0 Å². The molecule has 1 fully saturated rings. The summed E-state index contributed by atoms with van der Waals surface area (Å²) < 4.78 is 0. The molecule has 1 aliphatic rings. The second kappa shape index (κ2) is 9.65. The number of carboxylic acids is 1. The maximum atomic E-state index is 12.1. The number of aliphatic imine (C=N–C) groups is 1. The summed E-state index contributed by atoms with van der Waals surface area (Å²) in [6, 6.07) is 0. The van der Waals surface area contributed by atoms with Crippen LogP contribution in [0.2, 0.25) is 0 Å². The summed E-state index contributed by atoms with van der Waals surface area (Å²) in [4.78, 5) is 40.1. The molecule has 9 nitrogen and oxygen atoms in total. The van der Waals surface area contributed by atoms with Gasteiger partial charge in [0.1, 0.15) is 0 Å². The third kappa shape index (κ3) is 7.48. The highest BCUT2D eigenvalue weighted by atomic mass is 16.4. The molecule has 130 valence electrons. The zero-order chi connectivity index (χ0) is 17.2. The van der Waals surface area contributed by atoms with Crippen LogP contribution in [0.15, 0.2) is 4.99 Å². The predicted molar refractivity (Wildman–Crippen MR) is 84.5 cm³/mol. The summed E-state index contributed by atoms with van der Waals surface area (Å²) >= 11 is 0. The van der Waals surface area contributed by atoms with E-state index in [0.717, 1.165) is 6.42 Å². The van der Waals surface area contributed by atoms with Gasteiger partial charge in [-0.2, -0.15) is 0 Å². The van der Waals surface area contributed by atoms with E-state index >= 15 is 0 Å². The Morgan fingerprint density at radius 1 is 1.26 bits per heavy atom. The second-order valence-electron chi connectivity index (χ2n) is 5.52. The van der Waals surface area contributed by atoms with Crippen molar-refractivity contribution in [1.29, 1.82) is 0 Å². The quantitative estimate of drug-likeness (QED) is 0.251. The van der Waals surface area contributed by atoms with E-state index in [9.17, 15) is 14.4 Å². The van der Waals surface area contributed by atoms with Gasteiger partial charge in [0.15, 0.2) is 5.96 Å². The van der Waals surface area contributed by atoms with Crippen molar-refractivity contribution in [3.05, 3.63) is 0 Å². The van der Waals surface area contributed by atoms with Crippen LogP contribution < -0.4 is 16.8 Å². The molecule has 0 aliphatic carbocycles. The monoisotopic (exact) mass is 327 g/mol. The summed E-state index contributed by atoms with van der Waals surface area (Å²) in [6.07, 6.45) is 2.26. The second-order valence-corrected chi connectivity index (χ2v) is 5.52. The largest absolute Gasteiger partial charge is 0.481 e. The molecule has 1 aliphatic heterocycles. The van der Waals surface area contributed by atoms with Gasteiger partial charge >= 0.3 is 5.97 Å². The first kappa shape index (κ1) is 18.7. The molecule has 1 heterocycles. The lowest BCUT2D eigenvalue weighted by Gasteiger charge is -2.32. The molecular weight excluding hydrogens is 302 g/mol. The van der Waals surface area contributed by atoms with Crippen LogP contribution in [0.5, 0.6) is 0 Å². The van der Waals surface area contributed by atoms with Gasteiger partial charge in [-0.15, -0.1) is 0 Å². The number of rotatable bonds is 8. The van der Waals surface area contributed by atoms with Crippen molar-refractivity contribution in [3.8, 4) is 0 Å². The Hall–Kier alpha value is -2.32. The topological polar surface area (TPSA) is 151 Å². The van der Waals surface area contributed by atoms with Gasteiger partial charge in [0.25, 0.3) is 0 Å². The van der Waals surface area contributed by atoms with Crippen LogP contribution in [-0.2, 0) is 14.4 Å². The van der Waals surface area contributed by atoms with Gasteiger partial charge in [-0.25, -0.2) is 0 Å². The van der Waals surface area contributed by atoms with Crippen molar-refractivity contribution in [1.82, 2.24) is 10.2 Å². The third-order valence-corrected chi connectivity index (χ3v) is 3.63. The fourth-order valence-electron chi connectivity index (χ4n) is 2.45. The number of aliphatic carboxylic acids is 1. The Morgan fingerprint density at radius 3 is 2.65 bits per heavy atom. The number of carboxylic acid groups (broad SMARTS) is 1. The number of hydrogen-bond donors (Lipinski definition) is 4. The number of nitrogens with two attached hydrogens (primary N) is 2. The minimum atomic E-state index is -0.952. The first-order chi connectivity index (χ1) is 10.9. The molecule has 0 radical (unpaired) electrons. The third-order valence-electron chi connectivity index (χ3n) is 3.63. The number of nitrogens with one attached hydrogen (secondary N) is 1. The molecule has 0 unspecified atom stereocenters. The van der Waals surface area contributed by atoms with Gasteiger partial charge in [0.2, 0.25) is 11.8 Å². The lowest BCUT2D eigenvalue weighted by Crippen LogP contribution is -2.45. The number of nitrogens with zero attached hydrogens (tertiary/aromatic N) is 2. The van der Waals surface area contributed by atoms with Crippen molar-refractivity contribution < 1.29 is 19.5 Å². The number of hydrogen-bond acceptors (Lipinski definition) is 4. The molecule has 0 saturated carbocycles. The van der Waals surface area contributed by atoms with Gasteiger partial charge in [-0.3, -0.25) is 19.4 Å². The Morgan fingerprint density at radius 2 is 2.00 bits per heavy atom. The van der Waals surface area contributed by atoms with Crippen molar-refractivity contribution in [2.75, 3.05) is 26.2 Å². The van der Waals surface area contributed by atoms with Gasteiger partial charge < -0.3 is 26.8 Å². The maximum Gasteiger partial charge on any atom is 0.305 e. The normalized spacial score (nSPS) is 17.4. The van der Waals surface area contributed by atoms with E-state index in [-0.39, 0.29) is 36.7 Å². The summed E-state index contributed by atoms with van der Waals surface area (Å²) in [5, 5.41) is 11.2. The molecule has 6 N–H and O–H groups in total. The molecule has 23 heavy (non-hydrogen) atoms. The number of carbonyl (C=O) groups is 3. The first-order valence-corrected chi connectivity index (χ1v) is 7.73. The number of piperidine rings is 1. The van der Waals surface area contributed by atoms with Crippen molar-refractivity contribution >= 4 is 23.7 Å². The number of amides is 2. The Labute approximate surface area is 135 Å². The van der Waals surface area contributed by atoms with E-state index in [2.05, 4.69) is 10.3 Å². The highest BCUT2D eigenvalue weighted by Crippen LogP contribution is 2.17. The molecule has 1 saturated heterocycles. The van der Waals surface area contributed by atoms with Crippen LogP contribution in [0.4, 0.5) is 0 Å². The number of guanidine groups is 1. The van der Waals surface area contributed by atoms with Crippen LogP contribution in [0.25, 0.3) is 0 Å². The van der Waals surface area contributed by atoms with Crippen LogP contribution in [0.3, 0.4) is 0 Å². The van der Waals surface area contributed by atoms with E-state index in [1.165, 1.54) is 0 Å². The Kier molecular flexibility index (Phi) is 7.86. The molecular formula is C14H25N5O4. The average Bonchev–Trinajstić information content (AvgIpc) is 2.50. The lowest BCUT2D eigenvalue weighted by atomic mass is 9.96. The smallest absolute Gasteiger partial charge is 0.305 e. The van der Waals surface area contributed by atoms with Crippen LogP contribution in [0.1, 0.15) is 32.1 Å². The van der Waals surface area contributed by atoms with E-state index in [1.807, 2.05) is 0 Å². The average molecular weight is 327 g/mol. The summed E-state index contributed by atoms with van der Waals surface area (Å²) in [5.41, 5.74) is 10.4. The maximum absolute atomic E-state index is 12.1. The standard InChI is InChI=1S/C14H25N5O4/c15-14(16)18-6-1-4-11(20)19-8-2-3-10(9-19)13(23)17-7-5-12(21)22/h10H,1-9H2,(H,17,23)(H,21,22)(H4,15,16,18)/t10-/m0/s1. The molecule has 0 aromatic heterocycles. The SMILES string of the molecule is NC(N)=NCCCC(=O)N1CCC[C@H](C(=O)NCCC(=O)O)C1. The molecule has 1 rings (SSSR count). The zero-order valence-corrected chi connectivity index (χ0v) is 13.2. The van der Waals surface area contributed by atoms with Crippen LogP contribution in [0, 0.1) is 5.92 Å². The van der Waals surface area contributed by atoms with E-state index in [1.54, 1.807) is 4.90 Å². The van der Waals surface area contributed by atoms with Gasteiger partial charge in [0.05, 0.1) is 12.3 Å². The lowest BCUT2D eigenvalue weighted by molar-refractivity contribution is -0.137. The van der Waals surface area contributed by atoms with Gasteiger partial charge in [-0.05, 0) is 19.3 Å². The van der Waals surface area contributed by atoms with Crippen molar-refractivity contribution in [2.45, 2.75) is 32.1 Å². The van der Waals surface area contributed by atoms with Gasteiger partial charge in [0, 0.05) is 32.6 Å². The van der Waals surface area contributed by atoms with E-state index in [0.29, 0.717) is 38.9 Å². The summed E-state index contributed by atoms with van der Waals surface area (Å²) in [5.74, 6) is -1.43. The minimum Gasteiger partial charge on any atom is -0.481 e. The van der Waals surface area contributed by atoms with E-state index < -0.39 is 5.97 Å². The van der Waals surface area contributed by atoms with Crippen LogP contribution >= 0.6 is 0 Å². The highest BCUT2D eigenvalue weighted by molar-refractivity contribution is 5.81. The predicted octanol–water partition coefficient (Wildman–Crippen LogP) is -1.13. The highest BCUT2D eigenvalue weighted by Gasteiger charge is 2.27. The molecule has 1 atom stereocenters. The minimum absolute atomic E-state index is 0.00789. The molecule has 9 heteroatoms. The summed E-state index contributed by atoms with van der Waals surface area (Å²) in [6.45, 7) is 1.53. The fraction of sp³-hybridized carbons (Fsp3) is 0.714. The number of carbonyl (C=O) groups excluding carboxylic acids is 2. The molecule has 0 bridgehead atoms. The zero-order valence-electron chi connectivity index (χ0n) is 13.2. The summed E-state index contributed by atoms with van der Waals surface area (Å²) in [7, 11) is 0. The van der Waals surface area contributed by atoms with Crippen LogP contribution in [-0.4, -0.2) is 59.9 Å².